The van der Waals surface area contributed by atoms with Gasteiger partial charge >= 0.3 is 7.12 Å². The molecule has 0 aliphatic carbocycles. The first-order valence-electron chi connectivity index (χ1n) is 7.93. The molecule has 0 aromatic carbocycles. The third-order valence-electron chi connectivity index (χ3n) is 5.02. The summed E-state index contributed by atoms with van der Waals surface area (Å²) >= 11 is 0. The second-order valence-electron chi connectivity index (χ2n) is 7.14. The zero-order valence-corrected chi connectivity index (χ0v) is 13.5. The fraction of sp³-hybridized carbons (Fsp3) is 0.688. The molecule has 2 saturated heterocycles. The summed E-state index contributed by atoms with van der Waals surface area (Å²) < 4.78 is 12.2. The van der Waals surface area contributed by atoms with E-state index in [9.17, 15) is 0 Å². The first kappa shape index (κ1) is 15.0. The summed E-state index contributed by atoms with van der Waals surface area (Å²) in [5, 5.41) is 3.56. The molecule has 3 rings (SSSR count). The van der Waals surface area contributed by atoms with E-state index in [1.165, 1.54) is 24.8 Å². The summed E-state index contributed by atoms with van der Waals surface area (Å²) in [5.74, 6) is 0. The van der Waals surface area contributed by atoms with Crippen LogP contribution in [0.25, 0.3) is 0 Å². The maximum Gasteiger partial charge on any atom is 0.496 e. The molecular formula is C16H25BN2O2. The van der Waals surface area contributed by atoms with Crippen molar-refractivity contribution in [3.8, 4) is 0 Å². The van der Waals surface area contributed by atoms with Gasteiger partial charge in [0.25, 0.3) is 0 Å². The predicted molar refractivity (Wildman–Crippen MR) is 84.5 cm³/mol. The number of rotatable bonds is 2. The number of hydrogen-bond acceptors (Lipinski definition) is 4. The third-order valence-corrected chi connectivity index (χ3v) is 5.02. The summed E-state index contributed by atoms with van der Waals surface area (Å²) in [7, 11) is -0.328. The predicted octanol–water partition coefficient (Wildman–Crippen LogP) is 2.20. The maximum absolute atomic E-state index is 6.11. The van der Waals surface area contributed by atoms with Crippen LogP contribution in [0.3, 0.4) is 0 Å². The molecule has 2 fully saturated rings. The lowest BCUT2D eigenvalue weighted by Gasteiger charge is -2.32. The van der Waals surface area contributed by atoms with Crippen molar-refractivity contribution in [2.24, 2.45) is 0 Å². The Morgan fingerprint density at radius 2 is 1.86 bits per heavy atom. The normalized spacial score (nSPS) is 27.8. The van der Waals surface area contributed by atoms with Crippen molar-refractivity contribution < 1.29 is 9.31 Å². The van der Waals surface area contributed by atoms with Gasteiger partial charge in [0.05, 0.1) is 11.2 Å². The highest BCUT2D eigenvalue weighted by atomic mass is 16.7. The standard InChI is InChI=1S/C16H25BN2O2/c1-15(2)16(3,4)21-17(20-15)13-9-12(10-18-11-13)14-7-5-6-8-19-14/h9-11,14,19H,5-8H2,1-4H3/t14-/m0/s1. The number of nitrogens with zero attached hydrogens (tertiary/aromatic N) is 1. The number of pyridine rings is 1. The van der Waals surface area contributed by atoms with Crippen LogP contribution in [-0.4, -0.2) is 29.8 Å². The van der Waals surface area contributed by atoms with Gasteiger partial charge in [-0.05, 0) is 52.6 Å². The average molecular weight is 288 g/mol. The van der Waals surface area contributed by atoms with Gasteiger partial charge in [-0.2, -0.15) is 0 Å². The van der Waals surface area contributed by atoms with Crippen LogP contribution >= 0.6 is 0 Å². The Kier molecular flexibility index (Phi) is 3.84. The Bertz CT molecular complexity index is 497. The largest absolute Gasteiger partial charge is 0.496 e. The molecule has 21 heavy (non-hydrogen) atoms. The monoisotopic (exact) mass is 288 g/mol. The van der Waals surface area contributed by atoms with Crippen molar-refractivity contribution in [1.29, 1.82) is 0 Å². The Morgan fingerprint density at radius 3 is 2.48 bits per heavy atom. The highest BCUT2D eigenvalue weighted by molar-refractivity contribution is 6.62. The molecule has 1 aromatic heterocycles. The van der Waals surface area contributed by atoms with E-state index in [-0.39, 0.29) is 18.3 Å². The van der Waals surface area contributed by atoms with Crippen LogP contribution in [0.2, 0.25) is 0 Å². The number of aromatic nitrogens is 1. The second kappa shape index (κ2) is 5.38. The van der Waals surface area contributed by atoms with Gasteiger partial charge in [0.2, 0.25) is 0 Å². The third kappa shape index (κ3) is 2.87. The zero-order chi connectivity index (χ0) is 15.1. The zero-order valence-electron chi connectivity index (χ0n) is 13.5. The van der Waals surface area contributed by atoms with Crippen molar-refractivity contribution in [2.45, 2.75) is 64.2 Å². The Balaban J connectivity index is 1.81. The summed E-state index contributed by atoms with van der Waals surface area (Å²) in [6, 6.07) is 2.59. The lowest BCUT2D eigenvalue weighted by molar-refractivity contribution is 0.00578. The van der Waals surface area contributed by atoms with Gasteiger partial charge in [-0.3, -0.25) is 4.98 Å². The minimum atomic E-state index is -0.328. The van der Waals surface area contributed by atoms with E-state index in [0.717, 1.165) is 12.0 Å². The average Bonchev–Trinajstić information content (AvgIpc) is 2.69. The van der Waals surface area contributed by atoms with Gasteiger partial charge < -0.3 is 14.6 Å². The molecule has 2 aliphatic rings. The molecule has 0 spiro atoms. The van der Waals surface area contributed by atoms with Crippen molar-refractivity contribution in [1.82, 2.24) is 10.3 Å². The van der Waals surface area contributed by atoms with Crippen molar-refractivity contribution in [3.05, 3.63) is 24.0 Å². The molecule has 0 amide bonds. The van der Waals surface area contributed by atoms with Crippen LogP contribution in [0.4, 0.5) is 0 Å². The number of piperidine rings is 1. The van der Waals surface area contributed by atoms with Crippen LogP contribution in [-0.2, 0) is 9.31 Å². The molecule has 0 bridgehead atoms. The molecule has 0 unspecified atom stereocenters. The molecule has 1 N–H and O–H groups in total. The van der Waals surface area contributed by atoms with Gasteiger partial charge in [0, 0.05) is 23.9 Å². The Morgan fingerprint density at radius 1 is 1.14 bits per heavy atom. The Labute approximate surface area is 127 Å². The molecule has 0 radical (unpaired) electrons. The summed E-state index contributed by atoms with van der Waals surface area (Å²) in [5.41, 5.74) is 1.63. The van der Waals surface area contributed by atoms with Crippen molar-refractivity contribution in [2.75, 3.05) is 6.54 Å². The van der Waals surface area contributed by atoms with Crippen LogP contribution in [0.5, 0.6) is 0 Å². The SMILES string of the molecule is CC1(C)OB(c2cncc([C@@H]3CCCCN3)c2)OC1(C)C. The topological polar surface area (TPSA) is 43.4 Å². The lowest BCUT2D eigenvalue weighted by atomic mass is 9.79. The molecule has 5 heteroatoms. The molecule has 3 heterocycles. The second-order valence-corrected chi connectivity index (χ2v) is 7.14. The smallest absolute Gasteiger partial charge is 0.399 e. The van der Waals surface area contributed by atoms with E-state index in [2.05, 4.69) is 44.1 Å². The van der Waals surface area contributed by atoms with Crippen molar-refractivity contribution in [3.63, 3.8) is 0 Å². The minimum Gasteiger partial charge on any atom is -0.399 e. The maximum atomic E-state index is 6.11. The molecule has 1 atom stereocenters. The van der Waals surface area contributed by atoms with Crippen LogP contribution < -0.4 is 10.8 Å². The summed E-state index contributed by atoms with van der Waals surface area (Å²) in [6.45, 7) is 9.39. The summed E-state index contributed by atoms with van der Waals surface area (Å²) in [6.07, 6.45) is 7.53. The minimum absolute atomic E-state index is 0.309. The van der Waals surface area contributed by atoms with Crippen LogP contribution in [0.15, 0.2) is 18.5 Å². The molecule has 2 aliphatic heterocycles. The highest BCUT2D eigenvalue weighted by Gasteiger charge is 2.51. The fourth-order valence-corrected chi connectivity index (χ4v) is 2.91. The van der Waals surface area contributed by atoms with Crippen LogP contribution in [0.1, 0.15) is 58.6 Å². The van der Waals surface area contributed by atoms with Crippen LogP contribution in [0, 0.1) is 0 Å². The summed E-state index contributed by atoms with van der Waals surface area (Å²) in [4.78, 5) is 4.40. The molecule has 114 valence electrons. The molecule has 0 saturated carbocycles. The number of nitrogens with one attached hydrogen (secondary N) is 1. The Hall–Kier alpha value is -0.905. The fourth-order valence-electron chi connectivity index (χ4n) is 2.91. The first-order chi connectivity index (χ1) is 9.89. The van der Waals surface area contributed by atoms with E-state index in [1.54, 1.807) is 0 Å². The van der Waals surface area contributed by atoms with Gasteiger partial charge in [-0.15, -0.1) is 0 Å². The van der Waals surface area contributed by atoms with E-state index in [0.29, 0.717) is 6.04 Å². The highest BCUT2D eigenvalue weighted by Crippen LogP contribution is 2.36. The molecule has 1 aromatic rings. The van der Waals surface area contributed by atoms with E-state index in [4.69, 9.17) is 9.31 Å². The van der Waals surface area contributed by atoms with E-state index in [1.807, 2.05) is 12.4 Å². The van der Waals surface area contributed by atoms with Gasteiger partial charge in [-0.25, -0.2) is 0 Å². The lowest BCUT2D eigenvalue weighted by Crippen LogP contribution is -2.41. The first-order valence-corrected chi connectivity index (χ1v) is 7.93. The van der Waals surface area contributed by atoms with E-state index < -0.39 is 0 Å². The van der Waals surface area contributed by atoms with Gasteiger partial charge in [-0.1, -0.05) is 12.5 Å². The molecular weight excluding hydrogens is 263 g/mol. The van der Waals surface area contributed by atoms with Gasteiger partial charge in [0.15, 0.2) is 0 Å². The number of hydrogen-bond donors (Lipinski definition) is 1. The molecule has 4 nitrogen and oxygen atoms in total. The van der Waals surface area contributed by atoms with E-state index >= 15 is 0 Å². The van der Waals surface area contributed by atoms with Gasteiger partial charge in [0.1, 0.15) is 0 Å². The van der Waals surface area contributed by atoms with Crippen molar-refractivity contribution >= 4 is 12.6 Å². The quantitative estimate of drug-likeness (QED) is 0.847.